The van der Waals surface area contributed by atoms with E-state index in [1.165, 1.54) is 0 Å². The van der Waals surface area contributed by atoms with E-state index in [0.29, 0.717) is 36.0 Å². The fourth-order valence-corrected chi connectivity index (χ4v) is 4.68. The Balaban J connectivity index is 1.98. The van der Waals surface area contributed by atoms with Crippen LogP contribution in [0.3, 0.4) is 0 Å². The number of anilines is 3. The van der Waals surface area contributed by atoms with Crippen molar-refractivity contribution in [1.82, 2.24) is 14.3 Å². The van der Waals surface area contributed by atoms with Crippen molar-refractivity contribution in [2.45, 2.75) is 70.8 Å². The number of aliphatic carboxylic acids is 1. The van der Waals surface area contributed by atoms with Gasteiger partial charge in [0.05, 0.1) is 12.1 Å². The van der Waals surface area contributed by atoms with Gasteiger partial charge in [0.1, 0.15) is 0 Å². The number of aromatic nitrogens is 3. The van der Waals surface area contributed by atoms with Crippen LogP contribution in [0.4, 0.5) is 25.4 Å². The highest BCUT2D eigenvalue weighted by Gasteiger charge is 2.38. The Labute approximate surface area is 195 Å². The number of rotatable bonds is 9. The van der Waals surface area contributed by atoms with Gasteiger partial charge in [0.2, 0.25) is 16.3 Å². The van der Waals surface area contributed by atoms with Gasteiger partial charge >= 0.3 is 5.97 Å². The molecule has 1 unspecified atom stereocenters. The predicted octanol–water partition coefficient (Wildman–Crippen LogP) is 5.95. The molecule has 0 radical (unpaired) electrons. The molecule has 176 valence electrons. The third kappa shape index (κ3) is 6.48. The Morgan fingerprint density at radius 3 is 2.62 bits per heavy atom. The van der Waals surface area contributed by atoms with Crippen LogP contribution in [-0.2, 0) is 4.79 Å². The zero-order chi connectivity index (χ0) is 23.5. The zero-order valence-corrected chi connectivity index (χ0v) is 19.9. The molecule has 2 aromatic heterocycles. The van der Waals surface area contributed by atoms with Gasteiger partial charge in [-0.25, -0.2) is 13.8 Å². The lowest BCUT2D eigenvalue weighted by atomic mass is 9.90. The van der Waals surface area contributed by atoms with E-state index in [0.717, 1.165) is 17.1 Å². The first-order chi connectivity index (χ1) is 15.0. The minimum absolute atomic E-state index is 0.0292. The summed E-state index contributed by atoms with van der Waals surface area (Å²) in [6, 6.07) is 1.79. The second kappa shape index (κ2) is 10.2. The van der Waals surface area contributed by atoms with Crippen molar-refractivity contribution < 1.29 is 18.7 Å². The third-order valence-electron chi connectivity index (χ3n) is 5.54. The van der Waals surface area contributed by atoms with E-state index >= 15 is 0 Å². The highest BCUT2D eigenvalue weighted by molar-refractivity contribution is 7.10. The molecule has 1 aliphatic rings. The van der Waals surface area contributed by atoms with E-state index in [1.54, 1.807) is 6.20 Å². The van der Waals surface area contributed by atoms with E-state index in [2.05, 4.69) is 38.4 Å². The van der Waals surface area contributed by atoms with Crippen LogP contribution < -0.4 is 10.2 Å². The van der Waals surface area contributed by atoms with E-state index in [-0.39, 0.29) is 42.4 Å². The molecule has 0 aromatic carbocycles. The fourth-order valence-electron chi connectivity index (χ4n) is 3.95. The van der Waals surface area contributed by atoms with Crippen molar-refractivity contribution in [3.8, 4) is 0 Å². The van der Waals surface area contributed by atoms with Gasteiger partial charge in [-0.05, 0) is 47.9 Å². The second-order valence-electron chi connectivity index (χ2n) is 8.77. The Hall–Kier alpha value is -2.07. The molecule has 0 spiro atoms. The van der Waals surface area contributed by atoms with E-state index in [4.69, 9.17) is 11.6 Å². The molecule has 2 aromatic rings. The molecule has 3 rings (SSSR count). The molecule has 1 aliphatic carbocycles. The van der Waals surface area contributed by atoms with Crippen molar-refractivity contribution in [1.29, 1.82) is 0 Å². The Morgan fingerprint density at radius 1 is 1.38 bits per heavy atom. The lowest BCUT2D eigenvalue weighted by Gasteiger charge is -2.39. The standard InChI is InChI=1S/C21H28ClF2N5O2S/c1-12(2)11-29(15-4-6-21(23,24)7-5-15)18-16(26-20-27-19(22)28-32-20)9-14(10-25-18)13(3)8-17(30)31/h9-10,12-13,15H,4-8,11H2,1-3H3,(H,30,31)(H,26,27,28). The number of carbonyl (C=O) groups is 1. The Kier molecular flexibility index (Phi) is 7.87. The van der Waals surface area contributed by atoms with Gasteiger partial charge in [0.15, 0.2) is 5.82 Å². The number of pyridine rings is 1. The fraction of sp³-hybridized carbons (Fsp3) is 0.619. The maximum atomic E-state index is 13.8. The van der Waals surface area contributed by atoms with Gasteiger partial charge < -0.3 is 15.3 Å². The Morgan fingerprint density at radius 2 is 2.06 bits per heavy atom. The van der Waals surface area contributed by atoms with Crippen LogP contribution in [-0.4, -0.2) is 43.9 Å². The smallest absolute Gasteiger partial charge is 0.303 e. The zero-order valence-electron chi connectivity index (χ0n) is 18.3. The molecule has 0 bridgehead atoms. The van der Waals surface area contributed by atoms with Crippen molar-refractivity contribution in [3.63, 3.8) is 0 Å². The molecule has 0 amide bonds. The number of carboxylic acids is 1. The second-order valence-corrected chi connectivity index (χ2v) is 9.86. The normalized spacial score (nSPS) is 17.3. The number of hydrogen-bond acceptors (Lipinski definition) is 7. The minimum atomic E-state index is -2.62. The summed E-state index contributed by atoms with van der Waals surface area (Å²) in [6.45, 7) is 6.63. The summed E-state index contributed by atoms with van der Waals surface area (Å²) in [5.41, 5.74) is 1.39. The van der Waals surface area contributed by atoms with Crippen LogP contribution in [0, 0.1) is 5.92 Å². The number of alkyl halides is 2. The maximum absolute atomic E-state index is 13.8. The summed E-state index contributed by atoms with van der Waals surface area (Å²) in [5, 5.41) is 13.0. The van der Waals surface area contributed by atoms with Gasteiger partial charge in [-0.2, -0.15) is 9.36 Å². The van der Waals surface area contributed by atoms with Gasteiger partial charge in [0.25, 0.3) is 0 Å². The Bertz CT molecular complexity index is 933. The molecule has 11 heteroatoms. The van der Waals surface area contributed by atoms with Crippen LogP contribution in [0.25, 0.3) is 0 Å². The summed E-state index contributed by atoms with van der Waals surface area (Å²) >= 11 is 6.97. The van der Waals surface area contributed by atoms with Crippen LogP contribution in [0.5, 0.6) is 0 Å². The van der Waals surface area contributed by atoms with Gasteiger partial charge in [-0.3, -0.25) is 4.79 Å². The molecule has 32 heavy (non-hydrogen) atoms. The minimum Gasteiger partial charge on any atom is -0.481 e. The third-order valence-corrected chi connectivity index (χ3v) is 6.44. The molecule has 1 saturated carbocycles. The van der Waals surface area contributed by atoms with Crippen LogP contribution in [0.2, 0.25) is 5.28 Å². The molecule has 0 saturated heterocycles. The summed E-state index contributed by atoms with van der Waals surface area (Å²) in [4.78, 5) is 22.1. The first kappa shape index (κ1) is 24.6. The van der Waals surface area contributed by atoms with Crippen molar-refractivity contribution >= 4 is 45.7 Å². The average molecular weight is 488 g/mol. The van der Waals surface area contributed by atoms with Gasteiger partial charge in [0, 0.05) is 43.2 Å². The maximum Gasteiger partial charge on any atom is 0.303 e. The molecule has 7 nitrogen and oxygen atoms in total. The van der Waals surface area contributed by atoms with Gasteiger partial charge in [-0.15, -0.1) is 0 Å². The molecule has 0 aliphatic heterocycles. The van der Waals surface area contributed by atoms with Crippen molar-refractivity contribution in [3.05, 3.63) is 23.1 Å². The number of nitrogens with one attached hydrogen (secondary N) is 1. The van der Waals surface area contributed by atoms with Crippen LogP contribution in [0.15, 0.2) is 12.3 Å². The lowest BCUT2D eigenvalue weighted by Crippen LogP contribution is -2.43. The first-order valence-corrected chi connectivity index (χ1v) is 11.8. The highest BCUT2D eigenvalue weighted by Crippen LogP contribution is 2.39. The van der Waals surface area contributed by atoms with Gasteiger partial charge in [-0.1, -0.05) is 20.8 Å². The molecular formula is C21H28ClF2N5O2S. The molecular weight excluding hydrogens is 460 g/mol. The largest absolute Gasteiger partial charge is 0.481 e. The number of hydrogen-bond donors (Lipinski definition) is 2. The summed E-state index contributed by atoms with van der Waals surface area (Å²) in [5.74, 6) is -2.84. The lowest BCUT2D eigenvalue weighted by molar-refractivity contribution is -0.137. The highest BCUT2D eigenvalue weighted by atomic mass is 35.5. The van der Waals surface area contributed by atoms with E-state index in [1.807, 2.05) is 13.0 Å². The van der Waals surface area contributed by atoms with E-state index < -0.39 is 11.9 Å². The number of carboxylic acid groups (broad SMARTS) is 1. The quantitative estimate of drug-likeness (QED) is 0.451. The summed E-state index contributed by atoms with van der Waals surface area (Å²) in [6.07, 6.45) is 2.11. The number of halogens is 3. The molecule has 2 N–H and O–H groups in total. The van der Waals surface area contributed by atoms with Crippen LogP contribution in [0.1, 0.15) is 64.4 Å². The molecule has 1 fully saturated rings. The number of nitrogens with zero attached hydrogens (tertiary/aromatic N) is 4. The van der Waals surface area contributed by atoms with Crippen molar-refractivity contribution in [2.24, 2.45) is 5.92 Å². The summed E-state index contributed by atoms with van der Waals surface area (Å²) < 4.78 is 31.6. The van der Waals surface area contributed by atoms with E-state index in [9.17, 15) is 18.7 Å². The topological polar surface area (TPSA) is 91.2 Å². The predicted molar refractivity (Wildman–Crippen MR) is 122 cm³/mol. The SMILES string of the molecule is CC(C)CN(c1ncc(C(C)CC(=O)O)cc1Nc1nc(Cl)ns1)C1CCC(F)(F)CC1. The monoisotopic (exact) mass is 487 g/mol. The molecule has 1 atom stereocenters. The summed E-state index contributed by atoms with van der Waals surface area (Å²) in [7, 11) is 0. The van der Waals surface area contributed by atoms with Crippen LogP contribution >= 0.6 is 23.1 Å². The average Bonchev–Trinajstić information content (AvgIpc) is 3.10. The first-order valence-electron chi connectivity index (χ1n) is 10.7. The van der Waals surface area contributed by atoms with Crippen molar-refractivity contribution in [2.75, 3.05) is 16.8 Å². The molecule has 2 heterocycles.